The maximum atomic E-state index is 11.0. The van der Waals surface area contributed by atoms with E-state index in [0.717, 1.165) is 11.7 Å². The highest BCUT2D eigenvalue weighted by molar-refractivity contribution is 7.90. The predicted molar refractivity (Wildman–Crippen MR) is 101 cm³/mol. The van der Waals surface area contributed by atoms with Gasteiger partial charge in [-0.2, -0.15) is 0 Å². The molecule has 0 heterocycles. The highest BCUT2D eigenvalue weighted by Crippen LogP contribution is 2.11. The Hall–Kier alpha value is -1.80. The zero-order valence-corrected chi connectivity index (χ0v) is 16.3. The quantitative estimate of drug-likeness (QED) is 0.375. The summed E-state index contributed by atoms with van der Waals surface area (Å²) in [6.45, 7) is 4.45. The molecular weight excluding hydrogens is 342 g/mol. The van der Waals surface area contributed by atoms with Gasteiger partial charge in [0.25, 0.3) is 0 Å². The average Bonchev–Trinajstić information content (AvgIpc) is 2.55. The zero-order valence-electron chi connectivity index (χ0n) is 15.5. The molecule has 0 unspecified atom stereocenters. The van der Waals surface area contributed by atoms with Gasteiger partial charge in [0, 0.05) is 26.9 Å². The molecule has 142 valence electrons. The molecule has 0 aliphatic heterocycles. The lowest BCUT2D eigenvalue weighted by molar-refractivity contribution is 0.153. The number of guanidine groups is 1. The Morgan fingerprint density at radius 1 is 1.20 bits per heavy atom. The van der Waals surface area contributed by atoms with Crippen LogP contribution >= 0.6 is 0 Å². The van der Waals surface area contributed by atoms with Crippen LogP contribution in [0.2, 0.25) is 0 Å². The number of rotatable bonds is 10. The predicted octanol–water partition coefficient (Wildman–Crippen LogP) is 0.942. The number of sulfone groups is 1. The fourth-order valence-electron chi connectivity index (χ4n) is 1.97. The fraction of sp³-hybridized carbons (Fsp3) is 0.588. The van der Waals surface area contributed by atoms with Crippen molar-refractivity contribution in [3.05, 3.63) is 29.8 Å². The summed E-state index contributed by atoms with van der Waals surface area (Å²) in [6.07, 6.45) is 1.20. The van der Waals surface area contributed by atoms with E-state index in [1.54, 1.807) is 7.05 Å². The molecule has 0 amide bonds. The van der Waals surface area contributed by atoms with E-state index in [4.69, 9.17) is 9.47 Å². The molecule has 25 heavy (non-hydrogen) atoms. The standard InChI is InChI=1S/C17H29N3O4S/c1-15-5-7-16(8-6-15)24-12-10-20(3)17(18-2)19-9-11-23-13-14-25(4,21)22/h5-8H,9-14H2,1-4H3,(H,18,19). The molecule has 0 fully saturated rings. The van der Waals surface area contributed by atoms with Crippen molar-refractivity contribution in [2.45, 2.75) is 6.92 Å². The molecule has 0 radical (unpaired) electrons. The second-order valence-corrected chi connectivity index (χ2v) is 8.06. The van der Waals surface area contributed by atoms with Gasteiger partial charge in [0.15, 0.2) is 5.96 Å². The van der Waals surface area contributed by atoms with Crippen LogP contribution in [-0.2, 0) is 14.6 Å². The van der Waals surface area contributed by atoms with E-state index in [1.165, 1.54) is 11.8 Å². The van der Waals surface area contributed by atoms with Gasteiger partial charge < -0.3 is 19.7 Å². The second kappa shape index (κ2) is 10.9. The van der Waals surface area contributed by atoms with Crippen molar-refractivity contribution < 1.29 is 17.9 Å². The molecule has 0 aliphatic rings. The minimum absolute atomic E-state index is 0.0397. The van der Waals surface area contributed by atoms with E-state index < -0.39 is 9.84 Å². The third kappa shape index (κ3) is 9.93. The maximum absolute atomic E-state index is 11.0. The van der Waals surface area contributed by atoms with Crippen molar-refractivity contribution in [1.82, 2.24) is 10.2 Å². The van der Waals surface area contributed by atoms with Crippen molar-refractivity contribution in [1.29, 1.82) is 0 Å². The van der Waals surface area contributed by atoms with Gasteiger partial charge >= 0.3 is 0 Å². The molecule has 1 rings (SSSR count). The van der Waals surface area contributed by atoms with Gasteiger partial charge in [-0.05, 0) is 19.1 Å². The Balaban J connectivity index is 2.21. The van der Waals surface area contributed by atoms with E-state index in [2.05, 4.69) is 10.3 Å². The van der Waals surface area contributed by atoms with Crippen LogP contribution in [0.4, 0.5) is 0 Å². The van der Waals surface area contributed by atoms with Gasteiger partial charge in [0.05, 0.1) is 25.5 Å². The lowest BCUT2D eigenvalue weighted by atomic mass is 10.2. The van der Waals surface area contributed by atoms with Crippen LogP contribution < -0.4 is 10.1 Å². The van der Waals surface area contributed by atoms with Gasteiger partial charge in [-0.15, -0.1) is 0 Å². The number of likely N-dealkylation sites (N-methyl/N-ethyl adjacent to an activating group) is 1. The maximum Gasteiger partial charge on any atom is 0.193 e. The van der Waals surface area contributed by atoms with Gasteiger partial charge in [-0.25, -0.2) is 8.42 Å². The average molecular weight is 372 g/mol. The van der Waals surface area contributed by atoms with Gasteiger partial charge in [-0.1, -0.05) is 17.7 Å². The number of nitrogens with zero attached hydrogens (tertiary/aromatic N) is 2. The molecule has 0 aromatic heterocycles. The molecule has 0 saturated carbocycles. The van der Waals surface area contributed by atoms with Crippen LogP contribution in [0.15, 0.2) is 29.3 Å². The Morgan fingerprint density at radius 2 is 1.88 bits per heavy atom. The molecule has 7 nitrogen and oxygen atoms in total. The lowest BCUT2D eigenvalue weighted by Crippen LogP contribution is -2.42. The molecule has 0 aliphatic carbocycles. The van der Waals surface area contributed by atoms with Crippen molar-refractivity contribution in [3.63, 3.8) is 0 Å². The van der Waals surface area contributed by atoms with Crippen LogP contribution in [-0.4, -0.2) is 78.3 Å². The first-order valence-electron chi connectivity index (χ1n) is 8.18. The fourth-order valence-corrected chi connectivity index (χ4v) is 2.39. The largest absolute Gasteiger partial charge is 0.492 e. The molecule has 1 aromatic carbocycles. The molecule has 1 aromatic rings. The van der Waals surface area contributed by atoms with Crippen molar-refractivity contribution in [2.24, 2.45) is 4.99 Å². The smallest absolute Gasteiger partial charge is 0.193 e. The first-order valence-corrected chi connectivity index (χ1v) is 10.2. The van der Waals surface area contributed by atoms with E-state index >= 15 is 0 Å². The summed E-state index contributed by atoms with van der Waals surface area (Å²) >= 11 is 0. The van der Waals surface area contributed by atoms with Crippen molar-refractivity contribution in [3.8, 4) is 5.75 Å². The van der Waals surface area contributed by atoms with Crippen LogP contribution in [0.3, 0.4) is 0 Å². The highest BCUT2D eigenvalue weighted by Gasteiger charge is 2.06. The Morgan fingerprint density at radius 3 is 2.48 bits per heavy atom. The second-order valence-electron chi connectivity index (χ2n) is 5.80. The highest BCUT2D eigenvalue weighted by atomic mass is 32.2. The minimum atomic E-state index is -2.97. The summed E-state index contributed by atoms with van der Waals surface area (Å²) in [7, 11) is 0.669. The summed E-state index contributed by atoms with van der Waals surface area (Å²) in [5.41, 5.74) is 1.20. The minimum Gasteiger partial charge on any atom is -0.492 e. The lowest BCUT2D eigenvalue weighted by Gasteiger charge is -2.22. The Bertz CT molecular complexity index is 630. The van der Waals surface area contributed by atoms with Crippen LogP contribution in [0.1, 0.15) is 5.56 Å². The third-order valence-electron chi connectivity index (χ3n) is 3.42. The topological polar surface area (TPSA) is 80.2 Å². The zero-order chi connectivity index (χ0) is 18.7. The number of hydrogen-bond acceptors (Lipinski definition) is 5. The van der Waals surface area contributed by atoms with Crippen LogP contribution in [0.5, 0.6) is 5.75 Å². The first-order chi connectivity index (χ1) is 11.8. The van der Waals surface area contributed by atoms with Gasteiger partial charge in [-0.3, -0.25) is 4.99 Å². The molecule has 8 heteroatoms. The van der Waals surface area contributed by atoms with E-state index in [-0.39, 0.29) is 12.4 Å². The number of aliphatic imine (C=N–C) groups is 1. The van der Waals surface area contributed by atoms with Gasteiger partial charge in [0.2, 0.25) is 0 Å². The monoisotopic (exact) mass is 371 g/mol. The van der Waals surface area contributed by atoms with Crippen LogP contribution in [0.25, 0.3) is 0 Å². The molecule has 0 atom stereocenters. The summed E-state index contributed by atoms with van der Waals surface area (Å²) in [4.78, 5) is 6.17. The summed E-state index contributed by atoms with van der Waals surface area (Å²) in [5, 5.41) is 3.17. The van der Waals surface area contributed by atoms with Crippen LogP contribution in [0, 0.1) is 6.92 Å². The summed E-state index contributed by atoms with van der Waals surface area (Å²) < 4.78 is 33.0. The number of aryl methyl sites for hydroxylation is 1. The molecule has 0 bridgehead atoms. The Kier molecular flexibility index (Phi) is 9.30. The normalized spacial score (nSPS) is 12.1. The van der Waals surface area contributed by atoms with Gasteiger partial charge in [0.1, 0.15) is 22.2 Å². The third-order valence-corrected chi connectivity index (χ3v) is 4.33. The molecule has 0 spiro atoms. The number of ether oxygens (including phenoxy) is 2. The van der Waals surface area contributed by atoms with E-state index in [0.29, 0.717) is 26.3 Å². The summed E-state index contributed by atoms with van der Waals surface area (Å²) in [6, 6.07) is 7.94. The number of hydrogen-bond donors (Lipinski definition) is 1. The molecule has 0 saturated heterocycles. The SMILES string of the molecule is CN=C(NCCOCCS(C)(=O)=O)N(C)CCOc1ccc(C)cc1. The molecular formula is C17H29N3O4S. The van der Waals surface area contributed by atoms with Crippen molar-refractivity contribution >= 4 is 15.8 Å². The number of nitrogens with one attached hydrogen (secondary N) is 1. The number of benzene rings is 1. The van der Waals surface area contributed by atoms with Crippen molar-refractivity contribution in [2.75, 3.05) is 59.0 Å². The first kappa shape index (κ1) is 21.2. The Labute approximate surface area is 151 Å². The summed E-state index contributed by atoms with van der Waals surface area (Å²) in [5.74, 6) is 1.62. The van der Waals surface area contributed by atoms with E-state index in [1.807, 2.05) is 43.1 Å². The van der Waals surface area contributed by atoms with E-state index in [9.17, 15) is 8.42 Å². The molecule has 1 N–H and O–H groups in total.